The van der Waals surface area contributed by atoms with Gasteiger partial charge in [-0.05, 0) is 56.4 Å². The van der Waals surface area contributed by atoms with E-state index in [2.05, 4.69) is 51.4 Å². The topological polar surface area (TPSA) is 53.9 Å². The molecule has 3 rings (SSSR count). The Balaban J connectivity index is 1.77. The quantitative estimate of drug-likeness (QED) is 0.937. The summed E-state index contributed by atoms with van der Waals surface area (Å²) in [5, 5.41) is 11.4. The van der Waals surface area contributed by atoms with Crippen LogP contribution in [0.4, 0.5) is 17.5 Å². The van der Waals surface area contributed by atoms with Crippen molar-refractivity contribution < 1.29 is 0 Å². The van der Waals surface area contributed by atoms with Crippen LogP contribution in [0.15, 0.2) is 24.4 Å². The Bertz CT molecular complexity index is 620. The second kappa shape index (κ2) is 6.08. The molecule has 1 N–H and O–H groups in total. The highest BCUT2D eigenvalue weighted by Gasteiger charge is 2.13. The number of benzene rings is 1. The molecule has 1 aliphatic rings. The number of nitrogens with zero attached hydrogens (tertiary/aromatic N) is 4. The minimum Gasteiger partial charge on any atom is -0.355 e. The number of anilines is 3. The molecule has 0 atom stereocenters. The first-order chi connectivity index (χ1) is 10.2. The second-order valence-electron chi connectivity index (χ2n) is 5.61. The molecule has 2 heterocycles. The molecule has 0 aliphatic carbocycles. The largest absolute Gasteiger partial charge is 0.355 e. The zero-order valence-electron chi connectivity index (χ0n) is 12.6. The molecule has 1 fully saturated rings. The van der Waals surface area contributed by atoms with Crippen LogP contribution in [0.1, 0.15) is 30.4 Å². The van der Waals surface area contributed by atoms with E-state index in [1.54, 1.807) is 6.20 Å². The highest BCUT2D eigenvalue weighted by Crippen LogP contribution is 2.20. The van der Waals surface area contributed by atoms with Crippen molar-refractivity contribution in [2.24, 2.45) is 0 Å². The van der Waals surface area contributed by atoms with Gasteiger partial charge in [0.25, 0.3) is 0 Å². The molecule has 5 heteroatoms. The van der Waals surface area contributed by atoms with E-state index in [-0.39, 0.29) is 0 Å². The third kappa shape index (κ3) is 3.29. The Morgan fingerprint density at radius 1 is 1.05 bits per heavy atom. The summed E-state index contributed by atoms with van der Waals surface area (Å²) in [6, 6.07) is 6.24. The van der Waals surface area contributed by atoms with Gasteiger partial charge in [0.15, 0.2) is 5.82 Å². The number of aryl methyl sites for hydroxylation is 2. The van der Waals surface area contributed by atoms with Gasteiger partial charge in [0.05, 0.1) is 6.20 Å². The zero-order valence-corrected chi connectivity index (χ0v) is 12.6. The van der Waals surface area contributed by atoms with E-state index in [0.29, 0.717) is 5.95 Å². The third-order valence-electron chi connectivity index (χ3n) is 3.99. The van der Waals surface area contributed by atoms with Crippen molar-refractivity contribution >= 4 is 17.5 Å². The van der Waals surface area contributed by atoms with Gasteiger partial charge in [0, 0.05) is 18.8 Å². The summed E-state index contributed by atoms with van der Waals surface area (Å²) in [6.45, 7) is 6.32. The fraction of sp³-hybridized carbons (Fsp3) is 0.438. The van der Waals surface area contributed by atoms with E-state index in [0.717, 1.165) is 24.6 Å². The SMILES string of the molecule is Cc1ccc(Nc2nncc(N3CCCCC3)n2)cc1C. The van der Waals surface area contributed by atoms with Gasteiger partial charge in [0.1, 0.15) is 0 Å². The van der Waals surface area contributed by atoms with Crippen LogP contribution in [-0.4, -0.2) is 28.3 Å². The number of hydrogen-bond acceptors (Lipinski definition) is 5. The molecule has 0 bridgehead atoms. The van der Waals surface area contributed by atoms with Gasteiger partial charge in [-0.15, -0.1) is 5.10 Å². The van der Waals surface area contributed by atoms with Crippen molar-refractivity contribution in [1.82, 2.24) is 15.2 Å². The van der Waals surface area contributed by atoms with E-state index in [1.165, 1.54) is 30.4 Å². The minimum absolute atomic E-state index is 0.557. The number of nitrogens with one attached hydrogen (secondary N) is 1. The van der Waals surface area contributed by atoms with Gasteiger partial charge in [-0.2, -0.15) is 10.1 Å². The zero-order chi connectivity index (χ0) is 14.7. The average molecular weight is 283 g/mol. The smallest absolute Gasteiger partial charge is 0.249 e. The van der Waals surface area contributed by atoms with E-state index in [9.17, 15) is 0 Å². The maximum Gasteiger partial charge on any atom is 0.249 e. The first kappa shape index (κ1) is 13.8. The van der Waals surface area contributed by atoms with Crippen LogP contribution in [0.2, 0.25) is 0 Å². The number of aromatic nitrogens is 3. The van der Waals surface area contributed by atoms with Crippen molar-refractivity contribution in [3.63, 3.8) is 0 Å². The standard InChI is InChI=1S/C16H21N5/c1-12-6-7-14(10-13(12)2)18-16-19-15(11-17-20-16)21-8-4-3-5-9-21/h6-7,10-11H,3-5,8-9H2,1-2H3,(H,18,19,20). The molecule has 0 spiro atoms. The highest BCUT2D eigenvalue weighted by atomic mass is 15.3. The molecule has 2 aromatic rings. The second-order valence-corrected chi connectivity index (χ2v) is 5.61. The van der Waals surface area contributed by atoms with Crippen molar-refractivity contribution in [3.05, 3.63) is 35.5 Å². The van der Waals surface area contributed by atoms with Gasteiger partial charge in [-0.1, -0.05) is 6.07 Å². The summed E-state index contributed by atoms with van der Waals surface area (Å²) in [5.74, 6) is 1.47. The van der Waals surface area contributed by atoms with Gasteiger partial charge in [-0.25, -0.2) is 0 Å². The maximum absolute atomic E-state index is 4.59. The van der Waals surface area contributed by atoms with E-state index < -0.39 is 0 Å². The summed E-state index contributed by atoms with van der Waals surface area (Å²) in [6.07, 6.45) is 5.51. The minimum atomic E-state index is 0.557. The van der Waals surface area contributed by atoms with Gasteiger partial charge >= 0.3 is 0 Å². The van der Waals surface area contributed by atoms with Crippen molar-refractivity contribution in [3.8, 4) is 0 Å². The van der Waals surface area contributed by atoms with Gasteiger partial charge in [-0.3, -0.25) is 0 Å². The van der Waals surface area contributed by atoms with E-state index in [1.807, 2.05) is 6.07 Å². The van der Waals surface area contributed by atoms with Crippen LogP contribution in [-0.2, 0) is 0 Å². The maximum atomic E-state index is 4.59. The molecular formula is C16H21N5. The molecule has 0 saturated carbocycles. The Kier molecular flexibility index (Phi) is 3.99. The molecule has 0 unspecified atom stereocenters. The first-order valence-corrected chi connectivity index (χ1v) is 7.51. The van der Waals surface area contributed by atoms with Crippen molar-refractivity contribution in [2.75, 3.05) is 23.3 Å². The van der Waals surface area contributed by atoms with Gasteiger partial charge in [0.2, 0.25) is 5.95 Å². The van der Waals surface area contributed by atoms with Crippen LogP contribution < -0.4 is 10.2 Å². The molecule has 1 aliphatic heterocycles. The van der Waals surface area contributed by atoms with Crippen LogP contribution in [0.5, 0.6) is 0 Å². The molecule has 0 radical (unpaired) electrons. The Morgan fingerprint density at radius 3 is 2.62 bits per heavy atom. The van der Waals surface area contributed by atoms with Crippen molar-refractivity contribution in [2.45, 2.75) is 33.1 Å². The van der Waals surface area contributed by atoms with Crippen molar-refractivity contribution in [1.29, 1.82) is 0 Å². The lowest BCUT2D eigenvalue weighted by Gasteiger charge is -2.27. The molecule has 1 aromatic heterocycles. The molecule has 110 valence electrons. The Labute approximate surface area is 125 Å². The summed E-state index contributed by atoms with van der Waals surface area (Å²) >= 11 is 0. The molecule has 0 amide bonds. The summed E-state index contributed by atoms with van der Waals surface area (Å²) in [5.41, 5.74) is 3.53. The number of hydrogen-bond donors (Lipinski definition) is 1. The Hall–Kier alpha value is -2.17. The summed E-state index contributed by atoms with van der Waals surface area (Å²) in [7, 11) is 0. The lowest BCUT2D eigenvalue weighted by atomic mass is 10.1. The molecular weight excluding hydrogens is 262 g/mol. The van der Waals surface area contributed by atoms with Crippen LogP contribution in [0, 0.1) is 13.8 Å². The fourth-order valence-corrected chi connectivity index (χ4v) is 2.57. The third-order valence-corrected chi connectivity index (χ3v) is 3.99. The highest BCUT2D eigenvalue weighted by molar-refractivity contribution is 5.56. The predicted octanol–water partition coefficient (Wildman–Crippen LogP) is 3.22. The average Bonchev–Trinajstić information content (AvgIpc) is 2.52. The fourth-order valence-electron chi connectivity index (χ4n) is 2.57. The predicted molar refractivity (Wildman–Crippen MR) is 85.1 cm³/mol. The number of piperidine rings is 1. The van der Waals surface area contributed by atoms with E-state index >= 15 is 0 Å². The monoisotopic (exact) mass is 283 g/mol. The molecule has 1 saturated heterocycles. The lowest BCUT2D eigenvalue weighted by Crippen LogP contribution is -2.30. The summed E-state index contributed by atoms with van der Waals surface area (Å²) < 4.78 is 0. The number of rotatable bonds is 3. The molecule has 21 heavy (non-hydrogen) atoms. The lowest BCUT2D eigenvalue weighted by molar-refractivity contribution is 0.572. The van der Waals surface area contributed by atoms with Crippen LogP contribution >= 0.6 is 0 Å². The molecule has 1 aromatic carbocycles. The van der Waals surface area contributed by atoms with Crippen LogP contribution in [0.3, 0.4) is 0 Å². The van der Waals surface area contributed by atoms with E-state index in [4.69, 9.17) is 0 Å². The first-order valence-electron chi connectivity index (χ1n) is 7.51. The van der Waals surface area contributed by atoms with Crippen LogP contribution in [0.25, 0.3) is 0 Å². The van der Waals surface area contributed by atoms with Gasteiger partial charge < -0.3 is 10.2 Å². The summed E-state index contributed by atoms with van der Waals surface area (Å²) in [4.78, 5) is 6.87. The molecule has 5 nitrogen and oxygen atoms in total. The Morgan fingerprint density at radius 2 is 1.86 bits per heavy atom. The normalized spacial score (nSPS) is 15.0.